The minimum absolute atomic E-state index is 0.0817. The topological polar surface area (TPSA) is 73.9 Å². The maximum atomic E-state index is 12.5. The summed E-state index contributed by atoms with van der Waals surface area (Å²) in [5, 5.41) is 2.80. The molecular weight excluding hydrogens is 430 g/mol. The highest BCUT2D eigenvalue weighted by Crippen LogP contribution is 2.31. The van der Waals surface area contributed by atoms with Gasteiger partial charge < -0.3 is 19.5 Å². The normalized spacial score (nSPS) is 11.8. The quantitative estimate of drug-likeness (QED) is 0.349. The molecule has 1 amide bonds. The van der Waals surface area contributed by atoms with Crippen molar-refractivity contribution in [3.05, 3.63) is 108 Å². The Labute approximate surface area is 199 Å². The molecule has 3 aromatic carbocycles. The van der Waals surface area contributed by atoms with Crippen molar-refractivity contribution in [3.63, 3.8) is 0 Å². The number of rotatable bonds is 10. The van der Waals surface area contributed by atoms with Gasteiger partial charge in [0.05, 0.1) is 20.8 Å². The van der Waals surface area contributed by atoms with Gasteiger partial charge in [-0.15, -0.1) is 0 Å². The Morgan fingerprint density at radius 1 is 0.794 bits per heavy atom. The molecule has 0 aliphatic heterocycles. The number of methoxy groups -OCH3 is 2. The lowest BCUT2D eigenvalue weighted by Crippen LogP contribution is -2.29. The van der Waals surface area contributed by atoms with Gasteiger partial charge in [0.15, 0.2) is 11.5 Å². The van der Waals surface area contributed by atoms with Crippen molar-refractivity contribution in [3.8, 4) is 11.5 Å². The molecular formula is C28H27NO5. The van der Waals surface area contributed by atoms with E-state index in [9.17, 15) is 9.59 Å². The first-order chi connectivity index (χ1) is 16.6. The number of carbonyl (C=O) groups is 2. The number of benzene rings is 3. The zero-order chi connectivity index (χ0) is 24.2. The van der Waals surface area contributed by atoms with E-state index in [1.54, 1.807) is 37.5 Å². The van der Waals surface area contributed by atoms with Gasteiger partial charge in [0.2, 0.25) is 5.91 Å². The van der Waals surface area contributed by atoms with Crippen LogP contribution in [-0.2, 0) is 14.3 Å². The molecule has 0 aromatic heterocycles. The summed E-state index contributed by atoms with van der Waals surface area (Å²) in [6, 6.07) is 24.2. The van der Waals surface area contributed by atoms with Crippen LogP contribution in [0.2, 0.25) is 0 Å². The predicted molar refractivity (Wildman–Crippen MR) is 132 cm³/mol. The summed E-state index contributed by atoms with van der Waals surface area (Å²) >= 11 is 0. The fourth-order valence-corrected chi connectivity index (χ4v) is 3.18. The molecule has 0 radical (unpaired) electrons. The maximum Gasteiger partial charge on any atom is 0.331 e. The van der Waals surface area contributed by atoms with E-state index >= 15 is 0 Å². The summed E-state index contributed by atoms with van der Waals surface area (Å²) < 4.78 is 16.3. The molecule has 3 rings (SSSR count). The van der Waals surface area contributed by atoms with E-state index < -0.39 is 12.1 Å². The minimum Gasteiger partial charge on any atom is -0.493 e. The van der Waals surface area contributed by atoms with Crippen LogP contribution in [-0.4, -0.2) is 32.6 Å². The predicted octanol–water partition coefficient (Wildman–Crippen LogP) is 4.83. The molecule has 1 N–H and O–H groups in total. The van der Waals surface area contributed by atoms with Gasteiger partial charge in [-0.3, -0.25) is 4.79 Å². The van der Waals surface area contributed by atoms with Gasteiger partial charge in [0, 0.05) is 12.2 Å². The summed E-state index contributed by atoms with van der Waals surface area (Å²) in [5.41, 5.74) is 2.44. The number of hydrogen-bond donors (Lipinski definition) is 1. The first-order valence-corrected chi connectivity index (χ1v) is 10.8. The summed E-state index contributed by atoms with van der Waals surface area (Å²) in [6.07, 6.45) is 5.46. The van der Waals surface area contributed by atoms with Crippen molar-refractivity contribution in [2.75, 3.05) is 20.8 Å². The molecule has 0 aliphatic carbocycles. The van der Waals surface area contributed by atoms with Crippen LogP contribution >= 0.6 is 0 Å². The van der Waals surface area contributed by atoms with Gasteiger partial charge in [0.1, 0.15) is 6.10 Å². The fourth-order valence-electron chi connectivity index (χ4n) is 3.18. The van der Waals surface area contributed by atoms with Crippen molar-refractivity contribution >= 4 is 24.0 Å². The lowest BCUT2D eigenvalue weighted by atomic mass is 10.1. The van der Waals surface area contributed by atoms with Gasteiger partial charge >= 0.3 is 5.97 Å². The number of esters is 1. The molecule has 0 saturated heterocycles. The molecule has 0 bridgehead atoms. The summed E-state index contributed by atoms with van der Waals surface area (Å²) in [6.45, 7) is 0.0817. The zero-order valence-electron chi connectivity index (χ0n) is 19.1. The Hall–Kier alpha value is -4.32. The first-order valence-electron chi connectivity index (χ1n) is 10.8. The molecule has 0 spiro atoms. The van der Waals surface area contributed by atoms with Crippen LogP contribution < -0.4 is 14.8 Å². The standard InChI is InChI=1S/C28H27NO5/c1-32-24-16-15-23(19-25(24)33-2)26(34-28(31)18-14-22-11-7-4-8-12-22)20-29-27(30)17-13-21-9-5-3-6-10-21/h3-19,26H,20H2,1-2H3,(H,29,30). The van der Waals surface area contributed by atoms with Crippen LogP contribution in [0, 0.1) is 0 Å². The Balaban J connectivity index is 1.73. The number of hydrogen-bond acceptors (Lipinski definition) is 5. The largest absolute Gasteiger partial charge is 0.493 e. The molecule has 0 heterocycles. The highest BCUT2D eigenvalue weighted by atomic mass is 16.5. The van der Waals surface area contributed by atoms with Crippen LogP contribution in [0.1, 0.15) is 22.8 Å². The monoisotopic (exact) mass is 457 g/mol. The lowest BCUT2D eigenvalue weighted by Gasteiger charge is -2.19. The van der Waals surface area contributed by atoms with E-state index in [-0.39, 0.29) is 12.5 Å². The number of nitrogens with one attached hydrogen (secondary N) is 1. The van der Waals surface area contributed by atoms with Gasteiger partial charge in [0.25, 0.3) is 0 Å². The zero-order valence-corrected chi connectivity index (χ0v) is 19.1. The first kappa shape index (κ1) is 24.3. The number of amides is 1. The molecule has 0 fully saturated rings. The Morgan fingerprint density at radius 2 is 1.38 bits per heavy atom. The van der Waals surface area contributed by atoms with Gasteiger partial charge in [-0.2, -0.15) is 0 Å². The fraction of sp³-hybridized carbons (Fsp3) is 0.143. The minimum atomic E-state index is -0.734. The van der Waals surface area contributed by atoms with Gasteiger partial charge in [-0.1, -0.05) is 66.7 Å². The third kappa shape index (κ3) is 7.38. The van der Waals surface area contributed by atoms with E-state index in [2.05, 4.69) is 5.32 Å². The second kappa shape index (κ2) is 12.6. The average molecular weight is 458 g/mol. The summed E-state index contributed by atoms with van der Waals surface area (Å²) in [5.74, 6) is 0.217. The van der Waals surface area contributed by atoms with E-state index in [0.717, 1.165) is 11.1 Å². The molecule has 6 nitrogen and oxygen atoms in total. The van der Waals surface area contributed by atoms with Crippen LogP contribution in [0.3, 0.4) is 0 Å². The van der Waals surface area contributed by atoms with Crippen molar-refractivity contribution in [2.45, 2.75) is 6.10 Å². The molecule has 0 aliphatic rings. The second-order valence-corrected chi connectivity index (χ2v) is 7.27. The maximum absolute atomic E-state index is 12.5. The van der Waals surface area contributed by atoms with Gasteiger partial charge in [-0.05, 0) is 41.0 Å². The lowest BCUT2D eigenvalue weighted by molar-refractivity contribution is -0.143. The molecule has 3 aromatic rings. The van der Waals surface area contributed by atoms with Crippen LogP contribution in [0.15, 0.2) is 91.0 Å². The van der Waals surface area contributed by atoms with Gasteiger partial charge in [-0.25, -0.2) is 4.79 Å². The van der Waals surface area contributed by atoms with E-state index in [0.29, 0.717) is 17.1 Å². The van der Waals surface area contributed by atoms with Crippen molar-refractivity contribution in [1.82, 2.24) is 5.32 Å². The van der Waals surface area contributed by atoms with Crippen molar-refractivity contribution in [1.29, 1.82) is 0 Å². The van der Waals surface area contributed by atoms with Crippen molar-refractivity contribution in [2.24, 2.45) is 0 Å². The molecule has 6 heteroatoms. The Kier molecular flexibility index (Phi) is 9.05. The molecule has 0 saturated carbocycles. The average Bonchev–Trinajstić information content (AvgIpc) is 2.89. The highest BCUT2D eigenvalue weighted by Gasteiger charge is 2.19. The van der Waals surface area contributed by atoms with E-state index in [4.69, 9.17) is 14.2 Å². The second-order valence-electron chi connectivity index (χ2n) is 7.27. The van der Waals surface area contributed by atoms with E-state index in [1.165, 1.54) is 19.3 Å². The number of ether oxygens (including phenoxy) is 3. The molecule has 34 heavy (non-hydrogen) atoms. The molecule has 1 unspecified atom stereocenters. The summed E-state index contributed by atoms with van der Waals surface area (Å²) in [4.78, 5) is 24.9. The molecule has 1 atom stereocenters. The highest BCUT2D eigenvalue weighted by molar-refractivity contribution is 5.91. The van der Waals surface area contributed by atoms with Crippen LogP contribution in [0.5, 0.6) is 11.5 Å². The molecule has 174 valence electrons. The number of carbonyl (C=O) groups excluding carboxylic acids is 2. The Morgan fingerprint density at radius 3 is 1.97 bits per heavy atom. The SMILES string of the molecule is COc1ccc(C(CNC(=O)C=Cc2ccccc2)OC(=O)C=Cc2ccccc2)cc1OC. The van der Waals surface area contributed by atoms with Crippen LogP contribution in [0.25, 0.3) is 12.2 Å². The van der Waals surface area contributed by atoms with Crippen LogP contribution in [0.4, 0.5) is 0 Å². The summed E-state index contributed by atoms with van der Waals surface area (Å²) in [7, 11) is 3.07. The third-order valence-electron chi connectivity index (χ3n) is 4.94. The Bertz CT molecular complexity index is 1140. The van der Waals surface area contributed by atoms with E-state index in [1.807, 2.05) is 60.7 Å². The third-order valence-corrected chi connectivity index (χ3v) is 4.94. The smallest absolute Gasteiger partial charge is 0.331 e. The van der Waals surface area contributed by atoms with Crippen molar-refractivity contribution < 1.29 is 23.8 Å².